The molecule has 1 atom stereocenters. The number of hydrogen-bond acceptors (Lipinski definition) is 4. The predicted molar refractivity (Wildman–Crippen MR) is 87.0 cm³/mol. The van der Waals surface area contributed by atoms with Crippen molar-refractivity contribution in [1.29, 1.82) is 0 Å². The number of amides is 1. The van der Waals surface area contributed by atoms with E-state index in [2.05, 4.69) is 4.98 Å². The van der Waals surface area contributed by atoms with Crippen LogP contribution in [0.3, 0.4) is 0 Å². The summed E-state index contributed by atoms with van der Waals surface area (Å²) in [7, 11) is 1.55. The Kier molecular flexibility index (Phi) is 5.87. The van der Waals surface area contributed by atoms with Gasteiger partial charge in [-0.2, -0.15) is 0 Å². The van der Waals surface area contributed by atoms with Gasteiger partial charge < -0.3 is 9.64 Å². The maximum atomic E-state index is 13.2. The quantitative estimate of drug-likeness (QED) is 0.614. The lowest BCUT2D eigenvalue weighted by Gasteiger charge is -2.21. The zero-order chi connectivity index (χ0) is 17.7. The third-order valence-electron chi connectivity index (χ3n) is 3.30. The highest BCUT2D eigenvalue weighted by Crippen LogP contribution is 2.14. The van der Waals surface area contributed by atoms with Crippen LogP contribution in [0.2, 0.25) is 5.15 Å². The number of hydrogen-bond donors (Lipinski definition) is 0. The fourth-order valence-electron chi connectivity index (χ4n) is 2.11. The van der Waals surface area contributed by atoms with Crippen LogP contribution in [-0.2, 0) is 16.1 Å². The number of aromatic nitrogens is 1. The summed E-state index contributed by atoms with van der Waals surface area (Å²) in [5, 5.41) is 0.00950. The van der Waals surface area contributed by atoms with E-state index in [9.17, 15) is 14.0 Å². The molecule has 0 aliphatic carbocycles. The summed E-state index contributed by atoms with van der Waals surface area (Å²) in [6, 6.07) is 8.95. The van der Waals surface area contributed by atoms with Crippen LogP contribution in [0.5, 0.6) is 0 Å². The molecule has 1 aromatic carbocycles. The molecule has 0 saturated carbocycles. The molecule has 2 aromatic rings. The van der Waals surface area contributed by atoms with Crippen molar-refractivity contribution in [3.63, 3.8) is 0 Å². The van der Waals surface area contributed by atoms with Gasteiger partial charge >= 0.3 is 5.97 Å². The van der Waals surface area contributed by atoms with E-state index in [1.165, 1.54) is 36.2 Å². The number of carbonyl (C=O) groups excluding carboxylic acids is 2. The van der Waals surface area contributed by atoms with E-state index >= 15 is 0 Å². The van der Waals surface area contributed by atoms with E-state index in [1.54, 1.807) is 25.2 Å². The molecular formula is C17H16ClFN2O3. The van der Waals surface area contributed by atoms with Gasteiger partial charge in [-0.05, 0) is 36.8 Å². The average molecular weight is 351 g/mol. The summed E-state index contributed by atoms with van der Waals surface area (Å²) >= 11 is 5.82. The second kappa shape index (κ2) is 7.88. The molecule has 0 N–H and O–H groups in total. The zero-order valence-electron chi connectivity index (χ0n) is 13.2. The third-order valence-corrected chi connectivity index (χ3v) is 3.60. The Labute approximate surface area is 144 Å². The largest absolute Gasteiger partial charge is 0.449 e. The number of ether oxygens (including phenoxy) is 1. The molecule has 2 rings (SSSR count). The molecule has 1 heterocycles. The third kappa shape index (κ3) is 4.52. The standard InChI is InChI=1S/C17H16ClFN2O3/c1-11(24-17(23)14-7-4-8-20-15(14)18)16(22)21(2)10-12-5-3-6-13(19)9-12/h3-9,11H,10H2,1-2H3. The fourth-order valence-corrected chi connectivity index (χ4v) is 2.31. The Morgan fingerprint density at radius 2 is 2.08 bits per heavy atom. The number of rotatable bonds is 5. The van der Waals surface area contributed by atoms with Crippen molar-refractivity contribution in [3.05, 3.63) is 64.7 Å². The molecule has 0 fully saturated rings. The lowest BCUT2D eigenvalue weighted by Crippen LogP contribution is -2.37. The molecule has 0 saturated heterocycles. The number of benzene rings is 1. The van der Waals surface area contributed by atoms with Gasteiger partial charge in [0, 0.05) is 19.8 Å². The molecule has 0 spiro atoms. The van der Waals surface area contributed by atoms with Crippen molar-refractivity contribution in [2.24, 2.45) is 0 Å². The summed E-state index contributed by atoms with van der Waals surface area (Å²) in [5.41, 5.74) is 0.728. The highest BCUT2D eigenvalue weighted by molar-refractivity contribution is 6.32. The van der Waals surface area contributed by atoms with E-state index in [-0.39, 0.29) is 23.1 Å². The smallest absolute Gasteiger partial charge is 0.342 e. The minimum absolute atomic E-state index is 0.00950. The first-order chi connectivity index (χ1) is 11.4. The minimum atomic E-state index is -1.01. The van der Waals surface area contributed by atoms with Crippen LogP contribution in [-0.4, -0.2) is 34.9 Å². The monoisotopic (exact) mass is 350 g/mol. The summed E-state index contributed by atoms with van der Waals surface area (Å²) in [6.45, 7) is 1.67. The van der Waals surface area contributed by atoms with Gasteiger partial charge in [0.15, 0.2) is 6.10 Å². The summed E-state index contributed by atoms with van der Waals surface area (Å²) in [4.78, 5) is 29.5. The highest BCUT2D eigenvalue weighted by atomic mass is 35.5. The molecule has 1 amide bonds. The van der Waals surface area contributed by atoms with Gasteiger partial charge in [-0.3, -0.25) is 4.79 Å². The summed E-state index contributed by atoms with van der Waals surface area (Å²) < 4.78 is 18.3. The molecule has 126 valence electrons. The topological polar surface area (TPSA) is 59.5 Å². The van der Waals surface area contributed by atoms with Crippen molar-refractivity contribution >= 4 is 23.5 Å². The first-order valence-corrected chi connectivity index (χ1v) is 7.57. The van der Waals surface area contributed by atoms with E-state index in [0.717, 1.165) is 0 Å². The Morgan fingerprint density at radius 1 is 1.33 bits per heavy atom. The van der Waals surface area contributed by atoms with Crippen LogP contribution in [0, 0.1) is 5.82 Å². The van der Waals surface area contributed by atoms with Gasteiger partial charge in [0.05, 0.1) is 5.56 Å². The number of halogens is 2. The van der Waals surface area contributed by atoms with Crippen LogP contribution < -0.4 is 0 Å². The Hall–Kier alpha value is -2.47. The Bertz CT molecular complexity index is 754. The second-order valence-corrected chi connectivity index (χ2v) is 5.57. The van der Waals surface area contributed by atoms with Crippen LogP contribution in [0.1, 0.15) is 22.8 Å². The van der Waals surface area contributed by atoms with Gasteiger partial charge in [0.25, 0.3) is 5.91 Å². The first kappa shape index (κ1) is 17.9. The Morgan fingerprint density at radius 3 is 2.75 bits per heavy atom. The number of carbonyl (C=O) groups is 2. The van der Waals surface area contributed by atoms with Crippen molar-refractivity contribution in [1.82, 2.24) is 9.88 Å². The maximum Gasteiger partial charge on any atom is 0.342 e. The first-order valence-electron chi connectivity index (χ1n) is 7.19. The molecule has 0 aliphatic heterocycles. The highest BCUT2D eigenvalue weighted by Gasteiger charge is 2.23. The number of likely N-dealkylation sites (N-methyl/N-ethyl adjacent to an activating group) is 1. The van der Waals surface area contributed by atoms with Crippen LogP contribution in [0.25, 0.3) is 0 Å². The SMILES string of the molecule is CC(OC(=O)c1cccnc1Cl)C(=O)N(C)Cc1cccc(F)c1. The van der Waals surface area contributed by atoms with Gasteiger partial charge in [0.1, 0.15) is 11.0 Å². The lowest BCUT2D eigenvalue weighted by molar-refractivity contribution is -0.139. The van der Waals surface area contributed by atoms with Gasteiger partial charge in [-0.15, -0.1) is 0 Å². The molecule has 0 bridgehead atoms. The fraction of sp³-hybridized carbons (Fsp3) is 0.235. The van der Waals surface area contributed by atoms with Crippen LogP contribution in [0.15, 0.2) is 42.6 Å². The zero-order valence-corrected chi connectivity index (χ0v) is 14.0. The van der Waals surface area contributed by atoms with E-state index in [4.69, 9.17) is 16.3 Å². The Balaban J connectivity index is 1.98. The second-order valence-electron chi connectivity index (χ2n) is 5.21. The summed E-state index contributed by atoms with van der Waals surface area (Å²) in [5.74, 6) is -1.51. The number of esters is 1. The number of nitrogens with zero attached hydrogens (tertiary/aromatic N) is 2. The van der Waals surface area contributed by atoms with Crippen molar-refractivity contribution < 1.29 is 18.7 Å². The van der Waals surface area contributed by atoms with E-state index in [1.807, 2.05) is 0 Å². The average Bonchev–Trinajstić information content (AvgIpc) is 2.54. The van der Waals surface area contributed by atoms with E-state index < -0.39 is 18.0 Å². The normalized spacial score (nSPS) is 11.7. The molecular weight excluding hydrogens is 335 g/mol. The molecule has 5 nitrogen and oxygen atoms in total. The van der Waals surface area contributed by atoms with Crippen molar-refractivity contribution in [3.8, 4) is 0 Å². The molecule has 0 radical (unpaired) electrons. The summed E-state index contributed by atoms with van der Waals surface area (Å²) in [6.07, 6.45) is 0.438. The van der Waals surface area contributed by atoms with Crippen molar-refractivity contribution in [2.75, 3.05) is 7.05 Å². The maximum absolute atomic E-state index is 13.2. The van der Waals surface area contributed by atoms with Crippen molar-refractivity contribution in [2.45, 2.75) is 19.6 Å². The number of pyridine rings is 1. The van der Waals surface area contributed by atoms with E-state index in [0.29, 0.717) is 5.56 Å². The molecule has 1 aromatic heterocycles. The minimum Gasteiger partial charge on any atom is -0.449 e. The van der Waals surface area contributed by atoms with Gasteiger partial charge in [0.2, 0.25) is 0 Å². The lowest BCUT2D eigenvalue weighted by atomic mass is 10.2. The molecule has 0 aliphatic rings. The van der Waals surface area contributed by atoms with Crippen LogP contribution in [0.4, 0.5) is 4.39 Å². The van der Waals surface area contributed by atoms with Gasteiger partial charge in [-0.1, -0.05) is 23.7 Å². The molecule has 7 heteroatoms. The van der Waals surface area contributed by atoms with Crippen LogP contribution >= 0.6 is 11.6 Å². The molecule has 1 unspecified atom stereocenters. The van der Waals surface area contributed by atoms with Gasteiger partial charge in [-0.25, -0.2) is 14.2 Å². The molecule has 24 heavy (non-hydrogen) atoms. The predicted octanol–water partition coefficient (Wildman–Crippen LogP) is 3.08.